The van der Waals surface area contributed by atoms with Crippen LogP contribution in [0.5, 0.6) is 0 Å². The van der Waals surface area contributed by atoms with Crippen LogP contribution in [0.1, 0.15) is 31.5 Å². The van der Waals surface area contributed by atoms with Gasteiger partial charge in [0.15, 0.2) is 6.10 Å². The Morgan fingerprint density at radius 2 is 1.94 bits per heavy atom. The van der Waals surface area contributed by atoms with Crippen molar-refractivity contribution >= 4 is 11.3 Å². The van der Waals surface area contributed by atoms with E-state index in [1.165, 1.54) is 0 Å². The summed E-state index contributed by atoms with van der Waals surface area (Å²) < 4.78 is 36.3. The lowest BCUT2D eigenvalue weighted by Gasteiger charge is -2.15. The molecule has 0 saturated heterocycles. The fraction of sp³-hybridized carbons (Fsp3) is 0.700. The molecular formula is C10H14F3NOS. The number of hydrogen-bond acceptors (Lipinski definition) is 3. The molecule has 0 fully saturated rings. The van der Waals surface area contributed by atoms with Gasteiger partial charge < -0.3 is 5.11 Å². The van der Waals surface area contributed by atoms with Crippen LogP contribution in [-0.4, -0.2) is 22.4 Å². The van der Waals surface area contributed by atoms with E-state index in [0.717, 1.165) is 17.0 Å². The maximum Gasteiger partial charge on any atom is 0.414 e. The van der Waals surface area contributed by atoms with Gasteiger partial charge in [-0.1, -0.05) is 20.8 Å². The molecule has 0 amide bonds. The smallest absolute Gasteiger partial charge is 0.383 e. The fourth-order valence-electron chi connectivity index (χ4n) is 1.03. The maximum atomic E-state index is 12.1. The van der Waals surface area contributed by atoms with Gasteiger partial charge in [-0.2, -0.15) is 13.2 Å². The molecule has 0 bridgehead atoms. The third-order valence-corrected chi connectivity index (χ3v) is 2.94. The van der Waals surface area contributed by atoms with Gasteiger partial charge in [-0.15, -0.1) is 11.3 Å². The van der Waals surface area contributed by atoms with Crippen molar-refractivity contribution in [1.82, 2.24) is 4.98 Å². The normalized spacial score (nSPS) is 15.2. The largest absolute Gasteiger partial charge is 0.414 e. The van der Waals surface area contributed by atoms with Gasteiger partial charge in [0.2, 0.25) is 0 Å². The Labute approximate surface area is 96.1 Å². The molecule has 0 spiro atoms. The summed E-state index contributed by atoms with van der Waals surface area (Å²) in [5.74, 6) is 0. The van der Waals surface area contributed by atoms with E-state index in [1.54, 1.807) is 5.38 Å². The average molecular weight is 253 g/mol. The minimum atomic E-state index is -4.58. The van der Waals surface area contributed by atoms with E-state index in [-0.39, 0.29) is 5.41 Å². The molecule has 0 unspecified atom stereocenters. The van der Waals surface area contributed by atoms with Gasteiger partial charge in [0.25, 0.3) is 0 Å². The second kappa shape index (κ2) is 4.33. The third kappa shape index (κ3) is 3.45. The number of aromatic nitrogens is 1. The van der Waals surface area contributed by atoms with Gasteiger partial charge in [0.1, 0.15) is 0 Å². The van der Waals surface area contributed by atoms with Crippen LogP contribution in [-0.2, 0) is 11.8 Å². The third-order valence-electron chi connectivity index (χ3n) is 2.07. The molecule has 16 heavy (non-hydrogen) atoms. The van der Waals surface area contributed by atoms with E-state index >= 15 is 0 Å². The molecule has 0 aliphatic rings. The van der Waals surface area contributed by atoms with Crippen molar-refractivity contribution in [2.45, 2.75) is 44.9 Å². The molecule has 2 nitrogen and oxygen atoms in total. The quantitative estimate of drug-likeness (QED) is 0.879. The molecule has 0 aliphatic carbocycles. The zero-order chi connectivity index (χ0) is 12.6. The van der Waals surface area contributed by atoms with Crippen molar-refractivity contribution < 1.29 is 18.3 Å². The summed E-state index contributed by atoms with van der Waals surface area (Å²) in [5.41, 5.74) is 0.569. The molecule has 1 aromatic rings. The first-order valence-electron chi connectivity index (χ1n) is 4.80. The van der Waals surface area contributed by atoms with Gasteiger partial charge in [0.05, 0.1) is 10.7 Å². The summed E-state index contributed by atoms with van der Waals surface area (Å²) in [7, 11) is 0. The maximum absolute atomic E-state index is 12.1. The highest BCUT2D eigenvalue weighted by Crippen LogP contribution is 2.27. The highest BCUT2D eigenvalue weighted by molar-refractivity contribution is 7.09. The summed E-state index contributed by atoms with van der Waals surface area (Å²) in [6.07, 6.45) is -7.37. The first kappa shape index (κ1) is 13.4. The van der Waals surface area contributed by atoms with E-state index in [1.807, 2.05) is 20.8 Å². The Balaban J connectivity index is 2.74. The standard InChI is InChI=1S/C10H14F3NOS/c1-9(2,3)6-5-16-8(14-6)4-7(15)10(11,12)13/h5,7,15H,4H2,1-3H3/t7-/m1/s1. The van der Waals surface area contributed by atoms with E-state index in [0.29, 0.717) is 5.01 Å². The Morgan fingerprint density at radius 1 is 1.38 bits per heavy atom. The Bertz CT molecular complexity index is 354. The first-order valence-corrected chi connectivity index (χ1v) is 5.68. The fourth-order valence-corrected chi connectivity index (χ4v) is 2.09. The summed E-state index contributed by atoms with van der Waals surface area (Å²) in [5, 5.41) is 10.9. The molecule has 1 N–H and O–H groups in total. The Kier molecular flexibility index (Phi) is 3.64. The van der Waals surface area contributed by atoms with Gasteiger partial charge in [-0.25, -0.2) is 4.98 Å². The molecule has 1 atom stereocenters. The predicted octanol–water partition coefficient (Wildman–Crippen LogP) is 2.91. The number of aliphatic hydroxyl groups excluding tert-OH is 1. The highest BCUT2D eigenvalue weighted by Gasteiger charge is 2.38. The number of hydrogen-bond donors (Lipinski definition) is 1. The van der Waals surface area contributed by atoms with Crippen LogP contribution in [0, 0.1) is 0 Å². The molecule has 1 heterocycles. The molecule has 92 valence electrons. The lowest BCUT2D eigenvalue weighted by Crippen LogP contribution is -2.30. The van der Waals surface area contributed by atoms with Gasteiger partial charge in [0, 0.05) is 17.2 Å². The van der Waals surface area contributed by atoms with Crippen LogP contribution in [0.2, 0.25) is 0 Å². The summed E-state index contributed by atoms with van der Waals surface area (Å²) >= 11 is 1.15. The number of halogens is 3. The summed E-state index contributed by atoms with van der Waals surface area (Å²) in [6.45, 7) is 5.81. The summed E-state index contributed by atoms with van der Waals surface area (Å²) in [4.78, 5) is 4.09. The highest BCUT2D eigenvalue weighted by atomic mass is 32.1. The first-order chi connectivity index (χ1) is 7.10. The van der Waals surface area contributed by atoms with Crippen LogP contribution in [0.3, 0.4) is 0 Å². The SMILES string of the molecule is CC(C)(C)c1csc(C[C@@H](O)C(F)(F)F)n1. The van der Waals surface area contributed by atoms with E-state index in [9.17, 15) is 13.2 Å². The molecule has 0 aliphatic heterocycles. The number of thiazole rings is 1. The molecule has 6 heteroatoms. The van der Waals surface area contributed by atoms with Crippen LogP contribution >= 0.6 is 11.3 Å². The van der Waals surface area contributed by atoms with Crippen LogP contribution in [0.15, 0.2) is 5.38 Å². The van der Waals surface area contributed by atoms with Crippen molar-refractivity contribution in [3.05, 3.63) is 16.1 Å². The van der Waals surface area contributed by atoms with Crippen LogP contribution in [0.4, 0.5) is 13.2 Å². The zero-order valence-corrected chi connectivity index (χ0v) is 10.1. The van der Waals surface area contributed by atoms with Crippen LogP contribution in [0.25, 0.3) is 0 Å². The lowest BCUT2D eigenvalue weighted by molar-refractivity contribution is -0.203. The average Bonchev–Trinajstić information content (AvgIpc) is 2.49. The Morgan fingerprint density at radius 3 is 2.31 bits per heavy atom. The molecule has 0 aromatic carbocycles. The van der Waals surface area contributed by atoms with Gasteiger partial charge >= 0.3 is 6.18 Å². The second-order valence-electron chi connectivity index (χ2n) is 4.64. The monoisotopic (exact) mass is 253 g/mol. The van der Waals surface area contributed by atoms with Gasteiger partial charge in [-0.05, 0) is 0 Å². The molecule has 1 rings (SSSR count). The van der Waals surface area contributed by atoms with E-state index in [2.05, 4.69) is 4.98 Å². The van der Waals surface area contributed by atoms with E-state index in [4.69, 9.17) is 5.11 Å². The number of nitrogens with zero attached hydrogens (tertiary/aromatic N) is 1. The second-order valence-corrected chi connectivity index (χ2v) is 5.58. The van der Waals surface area contributed by atoms with Crippen LogP contribution < -0.4 is 0 Å². The molecule has 0 radical (unpaired) electrons. The predicted molar refractivity (Wildman–Crippen MR) is 56.6 cm³/mol. The number of aliphatic hydroxyl groups is 1. The topological polar surface area (TPSA) is 33.1 Å². The summed E-state index contributed by atoms with van der Waals surface area (Å²) in [6, 6.07) is 0. The number of rotatable bonds is 2. The van der Waals surface area contributed by atoms with Crippen molar-refractivity contribution in [2.24, 2.45) is 0 Å². The molecule has 1 aromatic heterocycles. The van der Waals surface area contributed by atoms with Gasteiger partial charge in [-0.3, -0.25) is 0 Å². The van der Waals surface area contributed by atoms with Crippen molar-refractivity contribution in [1.29, 1.82) is 0 Å². The zero-order valence-electron chi connectivity index (χ0n) is 9.30. The van der Waals surface area contributed by atoms with E-state index < -0.39 is 18.7 Å². The Hall–Kier alpha value is -0.620. The van der Waals surface area contributed by atoms with Crippen molar-refractivity contribution in [3.8, 4) is 0 Å². The van der Waals surface area contributed by atoms with Crippen molar-refractivity contribution in [2.75, 3.05) is 0 Å². The minimum Gasteiger partial charge on any atom is -0.383 e. The van der Waals surface area contributed by atoms with Crippen molar-refractivity contribution in [3.63, 3.8) is 0 Å². The lowest BCUT2D eigenvalue weighted by atomic mass is 9.93. The molecular weight excluding hydrogens is 239 g/mol. The minimum absolute atomic E-state index is 0.183. The number of alkyl halides is 3. The molecule has 0 saturated carbocycles.